The number of unbranched alkanes of at least 4 members (excludes halogenated alkanes) is 1. The smallest absolute Gasteiger partial charge is 0.0626 e. The van der Waals surface area contributed by atoms with Crippen LogP contribution in [0.5, 0.6) is 0 Å². The third kappa shape index (κ3) is 10.6. The van der Waals surface area contributed by atoms with Gasteiger partial charge in [-0.05, 0) is 26.7 Å². The molecule has 0 fully saturated rings. The zero-order chi connectivity index (χ0) is 15.4. The normalized spacial score (nSPS) is 17.7. The minimum atomic E-state index is 0.0892. The van der Waals surface area contributed by atoms with Gasteiger partial charge in [0.1, 0.15) is 0 Å². The summed E-state index contributed by atoms with van der Waals surface area (Å²) < 4.78 is 11.8. The largest absolute Gasteiger partial charge is 0.379 e. The zero-order valence-electron chi connectivity index (χ0n) is 13.9. The van der Waals surface area contributed by atoms with Crippen molar-refractivity contribution in [2.75, 3.05) is 19.8 Å². The van der Waals surface area contributed by atoms with Gasteiger partial charge in [0.05, 0.1) is 25.9 Å². The first kappa shape index (κ1) is 19.8. The highest BCUT2D eigenvalue weighted by Crippen LogP contribution is 2.21. The molecule has 0 aliphatic rings. The summed E-state index contributed by atoms with van der Waals surface area (Å²) in [5.74, 6) is 0.448. The minimum absolute atomic E-state index is 0.0892. The highest BCUT2D eigenvalue weighted by molar-refractivity contribution is 4.72. The lowest BCUT2D eigenvalue weighted by atomic mass is 9.94. The van der Waals surface area contributed by atoms with E-state index in [4.69, 9.17) is 20.9 Å². The van der Waals surface area contributed by atoms with Crippen LogP contribution in [0, 0.1) is 5.92 Å². The standard InChI is InChI=1S/C16H36N2O2/c1-5-7-9-16(20-11-14(4)18)15(8-6-2)12-19-10-13(3)17/h13-16H,5-12,17-18H2,1-4H3. The van der Waals surface area contributed by atoms with E-state index in [9.17, 15) is 0 Å². The summed E-state index contributed by atoms with van der Waals surface area (Å²) >= 11 is 0. The van der Waals surface area contributed by atoms with Crippen LogP contribution in [-0.4, -0.2) is 38.0 Å². The molecule has 4 heteroatoms. The van der Waals surface area contributed by atoms with E-state index in [1.165, 1.54) is 12.8 Å². The Labute approximate surface area is 125 Å². The van der Waals surface area contributed by atoms with Crippen molar-refractivity contribution in [2.24, 2.45) is 17.4 Å². The van der Waals surface area contributed by atoms with Gasteiger partial charge in [-0.15, -0.1) is 0 Å². The highest BCUT2D eigenvalue weighted by atomic mass is 16.5. The quantitative estimate of drug-likeness (QED) is 0.546. The molecule has 20 heavy (non-hydrogen) atoms. The van der Waals surface area contributed by atoms with Crippen molar-refractivity contribution in [2.45, 2.75) is 78.0 Å². The van der Waals surface area contributed by atoms with Crippen molar-refractivity contribution < 1.29 is 9.47 Å². The van der Waals surface area contributed by atoms with Crippen molar-refractivity contribution in [1.29, 1.82) is 0 Å². The number of hydrogen-bond acceptors (Lipinski definition) is 4. The van der Waals surface area contributed by atoms with Gasteiger partial charge >= 0.3 is 0 Å². The van der Waals surface area contributed by atoms with Gasteiger partial charge in [-0.1, -0.05) is 33.1 Å². The molecule has 0 aromatic heterocycles. The lowest BCUT2D eigenvalue weighted by molar-refractivity contribution is -0.0351. The molecule has 0 saturated heterocycles. The molecule has 0 aromatic carbocycles. The predicted molar refractivity (Wildman–Crippen MR) is 85.8 cm³/mol. The molecule has 0 heterocycles. The minimum Gasteiger partial charge on any atom is -0.379 e. The van der Waals surface area contributed by atoms with E-state index in [1.807, 2.05) is 13.8 Å². The molecule has 4 N–H and O–H groups in total. The van der Waals surface area contributed by atoms with Crippen LogP contribution in [0.2, 0.25) is 0 Å². The molecule has 0 saturated carbocycles. The first-order valence-electron chi connectivity index (χ1n) is 8.21. The maximum Gasteiger partial charge on any atom is 0.0626 e. The summed E-state index contributed by atoms with van der Waals surface area (Å²) in [7, 11) is 0. The van der Waals surface area contributed by atoms with E-state index < -0.39 is 0 Å². The highest BCUT2D eigenvalue weighted by Gasteiger charge is 2.22. The SMILES string of the molecule is CCCCC(OCC(C)N)C(CCC)COCC(C)N. The Balaban J connectivity index is 4.37. The molecule has 0 rings (SSSR count). The Morgan fingerprint density at radius 2 is 1.50 bits per heavy atom. The second kappa shape index (κ2) is 12.6. The summed E-state index contributed by atoms with van der Waals surface area (Å²) in [6.07, 6.45) is 6.02. The maximum absolute atomic E-state index is 6.04. The van der Waals surface area contributed by atoms with E-state index in [-0.39, 0.29) is 18.2 Å². The van der Waals surface area contributed by atoms with Gasteiger partial charge in [0, 0.05) is 18.0 Å². The lowest BCUT2D eigenvalue weighted by Gasteiger charge is -2.28. The van der Waals surface area contributed by atoms with E-state index in [1.54, 1.807) is 0 Å². The number of hydrogen-bond donors (Lipinski definition) is 2. The van der Waals surface area contributed by atoms with Gasteiger partial charge in [0.2, 0.25) is 0 Å². The summed E-state index contributed by atoms with van der Waals surface area (Å²) in [5.41, 5.74) is 11.5. The predicted octanol–water partition coefficient (Wildman–Crippen LogP) is 2.69. The van der Waals surface area contributed by atoms with Gasteiger partial charge in [-0.3, -0.25) is 0 Å². The lowest BCUT2D eigenvalue weighted by Crippen LogP contribution is -2.34. The topological polar surface area (TPSA) is 70.5 Å². The Hall–Kier alpha value is -0.160. The number of rotatable bonds is 13. The monoisotopic (exact) mass is 288 g/mol. The van der Waals surface area contributed by atoms with Crippen LogP contribution in [0.1, 0.15) is 59.8 Å². The molecule has 0 aromatic rings. The van der Waals surface area contributed by atoms with Crippen LogP contribution in [-0.2, 0) is 9.47 Å². The Morgan fingerprint density at radius 1 is 0.850 bits per heavy atom. The van der Waals surface area contributed by atoms with E-state index in [0.717, 1.165) is 25.9 Å². The fraction of sp³-hybridized carbons (Fsp3) is 1.00. The summed E-state index contributed by atoms with van der Waals surface area (Å²) in [4.78, 5) is 0. The second-order valence-electron chi connectivity index (χ2n) is 6.05. The van der Waals surface area contributed by atoms with Gasteiger partial charge in [0.25, 0.3) is 0 Å². The molecular weight excluding hydrogens is 252 g/mol. The first-order valence-corrected chi connectivity index (χ1v) is 8.21. The Morgan fingerprint density at radius 3 is 2.00 bits per heavy atom. The second-order valence-corrected chi connectivity index (χ2v) is 6.05. The molecule has 0 aliphatic carbocycles. The third-order valence-corrected chi connectivity index (χ3v) is 3.31. The molecule has 4 nitrogen and oxygen atoms in total. The van der Waals surface area contributed by atoms with E-state index in [0.29, 0.717) is 19.1 Å². The molecule has 4 unspecified atom stereocenters. The van der Waals surface area contributed by atoms with Crippen molar-refractivity contribution >= 4 is 0 Å². The zero-order valence-corrected chi connectivity index (χ0v) is 13.9. The number of nitrogens with two attached hydrogens (primary N) is 2. The summed E-state index contributed by atoms with van der Waals surface area (Å²) in [6.45, 7) is 10.4. The number of ether oxygens (including phenoxy) is 2. The van der Waals surface area contributed by atoms with Crippen LogP contribution < -0.4 is 11.5 Å². The average molecular weight is 288 g/mol. The van der Waals surface area contributed by atoms with Gasteiger partial charge in [-0.25, -0.2) is 0 Å². The molecule has 0 radical (unpaired) electrons. The molecule has 0 bridgehead atoms. The summed E-state index contributed by atoms with van der Waals surface area (Å²) in [5, 5.41) is 0. The van der Waals surface area contributed by atoms with Crippen LogP contribution in [0.15, 0.2) is 0 Å². The molecule has 0 amide bonds. The first-order chi connectivity index (χ1) is 9.51. The van der Waals surface area contributed by atoms with Crippen molar-refractivity contribution in [3.63, 3.8) is 0 Å². The molecule has 0 aliphatic heterocycles. The van der Waals surface area contributed by atoms with Crippen molar-refractivity contribution in [3.8, 4) is 0 Å². The van der Waals surface area contributed by atoms with Crippen LogP contribution in [0.25, 0.3) is 0 Å². The van der Waals surface area contributed by atoms with Gasteiger partial charge in [0.15, 0.2) is 0 Å². The summed E-state index contributed by atoms with van der Waals surface area (Å²) in [6, 6.07) is 0.183. The average Bonchev–Trinajstić information content (AvgIpc) is 2.37. The van der Waals surface area contributed by atoms with E-state index in [2.05, 4.69) is 13.8 Å². The third-order valence-electron chi connectivity index (χ3n) is 3.31. The fourth-order valence-corrected chi connectivity index (χ4v) is 2.29. The molecule has 0 spiro atoms. The fourth-order valence-electron chi connectivity index (χ4n) is 2.29. The molecular formula is C16H36N2O2. The molecule has 122 valence electrons. The van der Waals surface area contributed by atoms with Crippen LogP contribution >= 0.6 is 0 Å². The van der Waals surface area contributed by atoms with Crippen molar-refractivity contribution in [1.82, 2.24) is 0 Å². The Kier molecular flexibility index (Phi) is 12.5. The Bertz CT molecular complexity index is 211. The van der Waals surface area contributed by atoms with Crippen LogP contribution in [0.4, 0.5) is 0 Å². The van der Waals surface area contributed by atoms with Gasteiger partial charge in [-0.2, -0.15) is 0 Å². The van der Waals surface area contributed by atoms with E-state index >= 15 is 0 Å². The van der Waals surface area contributed by atoms with Gasteiger partial charge < -0.3 is 20.9 Å². The van der Waals surface area contributed by atoms with Crippen molar-refractivity contribution in [3.05, 3.63) is 0 Å². The maximum atomic E-state index is 6.04. The molecule has 4 atom stereocenters. The van der Waals surface area contributed by atoms with Crippen LogP contribution in [0.3, 0.4) is 0 Å².